The zero-order valence-corrected chi connectivity index (χ0v) is 18.3. The molecule has 0 fully saturated rings. The second-order valence-electron chi connectivity index (χ2n) is 7.09. The number of hydrogen-bond acceptors (Lipinski definition) is 6. The third-order valence-corrected chi connectivity index (χ3v) is 6.20. The highest BCUT2D eigenvalue weighted by Crippen LogP contribution is 2.30. The molecule has 2 aromatic carbocycles. The second-order valence-corrected chi connectivity index (χ2v) is 10.3. The van der Waals surface area contributed by atoms with Gasteiger partial charge in [0.25, 0.3) is 0 Å². The standard InChI is InChI=1S/C20H22ClN3O2S2/c1-13(2)11-18-22-20(27-24-18)23-19(14-7-9-16(21)10-8-14)15-5-4-6-17(12-15)28(3,25)26/h4-10,12-13,19H,11H2,1-3H3,(H,22,23,24). The molecule has 0 spiro atoms. The van der Waals surface area contributed by atoms with E-state index < -0.39 is 9.84 Å². The lowest BCUT2D eigenvalue weighted by atomic mass is 9.99. The average molecular weight is 436 g/mol. The number of aromatic nitrogens is 2. The molecule has 1 atom stereocenters. The number of halogens is 1. The lowest BCUT2D eigenvalue weighted by Crippen LogP contribution is -2.13. The number of sulfone groups is 1. The van der Waals surface area contributed by atoms with Gasteiger partial charge in [0.2, 0.25) is 5.13 Å². The molecular formula is C20H22ClN3O2S2. The predicted octanol–water partition coefficient (Wildman–Crippen LogP) is 5.00. The first-order chi connectivity index (χ1) is 13.2. The maximum absolute atomic E-state index is 12.0. The molecule has 5 nitrogen and oxygen atoms in total. The minimum atomic E-state index is -3.30. The maximum Gasteiger partial charge on any atom is 0.203 e. The minimum Gasteiger partial charge on any atom is -0.349 e. The number of anilines is 1. The first-order valence-electron chi connectivity index (χ1n) is 8.87. The number of benzene rings is 2. The van der Waals surface area contributed by atoms with Crippen LogP contribution >= 0.6 is 23.1 Å². The molecule has 1 heterocycles. The van der Waals surface area contributed by atoms with Crippen LogP contribution in [0.1, 0.15) is 36.8 Å². The van der Waals surface area contributed by atoms with Crippen molar-refractivity contribution in [3.05, 3.63) is 70.5 Å². The fraction of sp³-hybridized carbons (Fsp3) is 0.300. The molecule has 148 valence electrons. The van der Waals surface area contributed by atoms with Gasteiger partial charge in [0.15, 0.2) is 9.84 Å². The van der Waals surface area contributed by atoms with E-state index in [1.165, 1.54) is 17.8 Å². The van der Waals surface area contributed by atoms with Gasteiger partial charge < -0.3 is 5.32 Å². The summed E-state index contributed by atoms with van der Waals surface area (Å²) in [6, 6.07) is 14.1. The number of hydrogen-bond donors (Lipinski definition) is 1. The largest absolute Gasteiger partial charge is 0.349 e. The minimum absolute atomic E-state index is 0.279. The van der Waals surface area contributed by atoms with Crippen LogP contribution in [-0.2, 0) is 16.3 Å². The van der Waals surface area contributed by atoms with Gasteiger partial charge in [0, 0.05) is 29.2 Å². The van der Waals surface area contributed by atoms with Crippen LogP contribution in [0.25, 0.3) is 0 Å². The highest BCUT2D eigenvalue weighted by atomic mass is 35.5. The van der Waals surface area contributed by atoms with Crippen molar-refractivity contribution in [2.24, 2.45) is 5.92 Å². The zero-order valence-electron chi connectivity index (χ0n) is 15.9. The Balaban J connectivity index is 1.98. The zero-order chi connectivity index (χ0) is 20.3. The lowest BCUT2D eigenvalue weighted by Gasteiger charge is -2.20. The Bertz CT molecular complexity index is 1050. The van der Waals surface area contributed by atoms with Gasteiger partial charge in [-0.15, -0.1) is 0 Å². The van der Waals surface area contributed by atoms with Gasteiger partial charge in [-0.1, -0.05) is 49.7 Å². The van der Waals surface area contributed by atoms with Gasteiger partial charge in [0.1, 0.15) is 5.82 Å². The van der Waals surface area contributed by atoms with E-state index in [1.807, 2.05) is 30.3 Å². The van der Waals surface area contributed by atoms with Crippen molar-refractivity contribution in [2.45, 2.75) is 31.2 Å². The van der Waals surface area contributed by atoms with Gasteiger partial charge in [-0.25, -0.2) is 13.4 Å². The third-order valence-electron chi connectivity index (χ3n) is 4.15. The Kier molecular flexibility index (Phi) is 6.37. The molecule has 1 aromatic heterocycles. The van der Waals surface area contributed by atoms with E-state index in [4.69, 9.17) is 11.6 Å². The van der Waals surface area contributed by atoms with Gasteiger partial charge in [-0.2, -0.15) is 4.37 Å². The van der Waals surface area contributed by atoms with E-state index in [1.54, 1.807) is 18.2 Å². The average Bonchev–Trinajstić information content (AvgIpc) is 3.06. The summed E-state index contributed by atoms with van der Waals surface area (Å²) >= 11 is 7.34. The summed E-state index contributed by atoms with van der Waals surface area (Å²) in [5, 5.41) is 4.75. The smallest absolute Gasteiger partial charge is 0.203 e. The van der Waals surface area contributed by atoms with Crippen molar-refractivity contribution < 1.29 is 8.42 Å². The molecule has 0 aliphatic carbocycles. The summed E-state index contributed by atoms with van der Waals surface area (Å²) in [5.41, 5.74) is 1.78. The molecule has 0 amide bonds. The molecule has 28 heavy (non-hydrogen) atoms. The monoisotopic (exact) mass is 435 g/mol. The topological polar surface area (TPSA) is 72.0 Å². The Morgan fingerprint density at radius 1 is 1.11 bits per heavy atom. The molecule has 8 heteroatoms. The van der Waals surface area contributed by atoms with Crippen molar-refractivity contribution in [3.8, 4) is 0 Å². The van der Waals surface area contributed by atoms with Crippen LogP contribution in [0.4, 0.5) is 5.13 Å². The molecule has 0 radical (unpaired) electrons. The summed E-state index contributed by atoms with van der Waals surface area (Å²) in [6.45, 7) is 4.25. The highest BCUT2D eigenvalue weighted by Gasteiger charge is 2.19. The summed E-state index contributed by atoms with van der Waals surface area (Å²) in [6.07, 6.45) is 2.02. The van der Waals surface area contributed by atoms with Crippen LogP contribution in [0.15, 0.2) is 53.4 Å². The van der Waals surface area contributed by atoms with E-state index >= 15 is 0 Å². The normalized spacial score (nSPS) is 12.9. The van der Waals surface area contributed by atoms with Crippen LogP contribution in [0.2, 0.25) is 5.02 Å². The Morgan fingerprint density at radius 2 is 1.82 bits per heavy atom. The summed E-state index contributed by atoms with van der Waals surface area (Å²) in [4.78, 5) is 4.86. The molecule has 1 unspecified atom stereocenters. The predicted molar refractivity (Wildman–Crippen MR) is 115 cm³/mol. The summed E-state index contributed by atoms with van der Waals surface area (Å²) in [5.74, 6) is 1.28. The van der Waals surface area contributed by atoms with Crippen molar-refractivity contribution in [1.29, 1.82) is 0 Å². The van der Waals surface area contributed by atoms with Crippen molar-refractivity contribution in [2.75, 3.05) is 11.6 Å². The van der Waals surface area contributed by atoms with Gasteiger partial charge >= 0.3 is 0 Å². The fourth-order valence-corrected chi connectivity index (χ4v) is 4.25. The van der Waals surface area contributed by atoms with E-state index in [9.17, 15) is 8.42 Å². The van der Waals surface area contributed by atoms with Crippen molar-refractivity contribution in [3.63, 3.8) is 0 Å². The molecule has 3 aromatic rings. The van der Waals surface area contributed by atoms with Gasteiger partial charge in [-0.05, 0) is 41.3 Å². The van der Waals surface area contributed by atoms with E-state index in [2.05, 4.69) is 28.5 Å². The van der Waals surface area contributed by atoms with Crippen molar-refractivity contribution >= 4 is 38.1 Å². The fourth-order valence-electron chi connectivity index (χ4n) is 2.82. The molecule has 0 saturated heterocycles. The molecule has 0 aliphatic heterocycles. The third kappa shape index (κ3) is 5.31. The first kappa shape index (κ1) is 20.8. The van der Waals surface area contributed by atoms with Crippen LogP contribution in [0.5, 0.6) is 0 Å². The number of nitrogens with zero attached hydrogens (tertiary/aromatic N) is 2. The summed E-state index contributed by atoms with van der Waals surface area (Å²) < 4.78 is 28.4. The SMILES string of the molecule is CC(C)Cc1nsc(NC(c2ccc(Cl)cc2)c2cccc(S(C)(=O)=O)c2)n1. The lowest BCUT2D eigenvalue weighted by molar-refractivity contribution is 0.601. The Morgan fingerprint density at radius 3 is 2.46 bits per heavy atom. The molecule has 0 aliphatic rings. The summed E-state index contributed by atoms with van der Waals surface area (Å²) in [7, 11) is -3.30. The van der Waals surface area contributed by atoms with Crippen molar-refractivity contribution in [1.82, 2.24) is 9.36 Å². The number of rotatable bonds is 7. The Hall–Kier alpha value is -1.96. The second kappa shape index (κ2) is 8.59. The molecular weight excluding hydrogens is 414 g/mol. The van der Waals surface area contributed by atoms with Crippen LogP contribution in [0, 0.1) is 5.92 Å². The Labute approximate surface area is 174 Å². The molecule has 1 N–H and O–H groups in total. The van der Waals surface area contributed by atoms with E-state index in [-0.39, 0.29) is 10.9 Å². The highest BCUT2D eigenvalue weighted by molar-refractivity contribution is 7.90. The number of nitrogens with one attached hydrogen (secondary N) is 1. The first-order valence-corrected chi connectivity index (χ1v) is 11.9. The van der Waals surface area contributed by atoms with Crippen LogP contribution in [-0.4, -0.2) is 24.0 Å². The molecule has 0 bridgehead atoms. The van der Waals surface area contributed by atoms with E-state index in [0.717, 1.165) is 23.4 Å². The van der Waals surface area contributed by atoms with Gasteiger partial charge in [-0.3, -0.25) is 0 Å². The quantitative estimate of drug-likeness (QED) is 0.565. The van der Waals surface area contributed by atoms with Crippen LogP contribution in [0.3, 0.4) is 0 Å². The van der Waals surface area contributed by atoms with E-state index in [0.29, 0.717) is 16.1 Å². The maximum atomic E-state index is 12.0. The van der Waals surface area contributed by atoms with Gasteiger partial charge in [0.05, 0.1) is 10.9 Å². The van der Waals surface area contributed by atoms with Crippen LogP contribution < -0.4 is 5.32 Å². The molecule has 0 saturated carbocycles. The molecule has 3 rings (SSSR count).